The third-order valence-corrected chi connectivity index (χ3v) is 6.19. The molecule has 0 spiro atoms. The van der Waals surface area contributed by atoms with Crippen molar-refractivity contribution in [3.05, 3.63) is 81.9 Å². The standard InChI is InChI=1S/C23H23ClN4O2/c24-19-3-1-16(2-4-19)15-30-21-7-8-28(23(29)9-21)20-5-6-22(26-12-20)27-13-17-10-25-11-18(17)14-27/h1-9,12,17-18,25H,10-11,13-15H2. The maximum atomic E-state index is 12.6. The average Bonchev–Trinajstić information content (AvgIpc) is 3.36. The first kappa shape index (κ1) is 19.2. The highest BCUT2D eigenvalue weighted by Gasteiger charge is 2.36. The molecule has 0 bridgehead atoms. The SMILES string of the molecule is O=c1cc(OCc2ccc(Cl)cc2)ccn1-c1ccc(N2CC3CNCC3C2)nc1. The number of hydrogen-bond acceptors (Lipinski definition) is 5. The molecule has 2 aromatic heterocycles. The maximum absolute atomic E-state index is 12.6. The maximum Gasteiger partial charge on any atom is 0.258 e. The number of rotatable bonds is 5. The van der Waals surface area contributed by atoms with Crippen LogP contribution < -0.4 is 20.5 Å². The number of ether oxygens (including phenoxy) is 1. The predicted octanol–water partition coefficient (Wildman–Crippen LogP) is 3.12. The van der Waals surface area contributed by atoms with Crippen molar-refractivity contribution >= 4 is 17.4 Å². The minimum Gasteiger partial charge on any atom is -0.489 e. The average molecular weight is 423 g/mol. The summed E-state index contributed by atoms with van der Waals surface area (Å²) in [6.07, 6.45) is 3.49. The van der Waals surface area contributed by atoms with Crippen molar-refractivity contribution in [3.63, 3.8) is 0 Å². The lowest BCUT2D eigenvalue weighted by Gasteiger charge is -2.19. The second-order valence-corrected chi connectivity index (χ2v) is 8.38. The molecule has 2 unspecified atom stereocenters. The van der Waals surface area contributed by atoms with E-state index >= 15 is 0 Å². The molecule has 2 aliphatic heterocycles. The van der Waals surface area contributed by atoms with Gasteiger partial charge >= 0.3 is 0 Å². The van der Waals surface area contributed by atoms with Crippen LogP contribution in [0.25, 0.3) is 5.69 Å². The zero-order chi connectivity index (χ0) is 20.5. The van der Waals surface area contributed by atoms with E-state index in [9.17, 15) is 4.79 Å². The molecule has 30 heavy (non-hydrogen) atoms. The Balaban J connectivity index is 1.26. The molecule has 0 saturated carbocycles. The van der Waals surface area contributed by atoms with Gasteiger partial charge in [-0.25, -0.2) is 4.98 Å². The highest BCUT2D eigenvalue weighted by Crippen LogP contribution is 2.29. The lowest BCUT2D eigenvalue weighted by molar-refractivity contribution is 0.305. The van der Waals surface area contributed by atoms with Crippen LogP contribution in [0, 0.1) is 11.8 Å². The minimum absolute atomic E-state index is 0.153. The van der Waals surface area contributed by atoms with Crippen LogP contribution in [-0.4, -0.2) is 35.7 Å². The lowest BCUT2D eigenvalue weighted by atomic mass is 10.0. The Kier molecular flexibility index (Phi) is 5.19. The van der Waals surface area contributed by atoms with E-state index in [0.29, 0.717) is 17.4 Å². The molecule has 0 radical (unpaired) electrons. The summed E-state index contributed by atoms with van der Waals surface area (Å²) < 4.78 is 7.32. The van der Waals surface area contributed by atoms with Gasteiger partial charge in [0.15, 0.2) is 0 Å². The zero-order valence-corrected chi connectivity index (χ0v) is 17.3. The highest BCUT2D eigenvalue weighted by atomic mass is 35.5. The topological polar surface area (TPSA) is 59.4 Å². The fourth-order valence-electron chi connectivity index (χ4n) is 4.26. The molecule has 4 heterocycles. The monoisotopic (exact) mass is 422 g/mol. The van der Waals surface area contributed by atoms with Crippen molar-refractivity contribution in [2.24, 2.45) is 11.8 Å². The molecule has 0 amide bonds. The van der Waals surface area contributed by atoms with Gasteiger partial charge in [0, 0.05) is 43.5 Å². The van der Waals surface area contributed by atoms with Crippen molar-refractivity contribution in [1.29, 1.82) is 0 Å². The largest absolute Gasteiger partial charge is 0.489 e. The van der Waals surface area contributed by atoms with Crippen LogP contribution in [0.2, 0.25) is 5.02 Å². The predicted molar refractivity (Wildman–Crippen MR) is 118 cm³/mol. The van der Waals surface area contributed by atoms with Crippen molar-refractivity contribution in [2.45, 2.75) is 6.61 Å². The Bertz CT molecular complexity index is 1070. The first-order valence-electron chi connectivity index (χ1n) is 10.2. The van der Waals surface area contributed by atoms with Gasteiger partial charge in [-0.15, -0.1) is 0 Å². The van der Waals surface area contributed by atoms with Gasteiger partial charge in [0.05, 0.1) is 11.9 Å². The number of hydrogen-bond donors (Lipinski definition) is 1. The molecular weight excluding hydrogens is 400 g/mol. The number of pyridine rings is 2. The summed E-state index contributed by atoms with van der Waals surface area (Å²) in [5, 5.41) is 4.14. The number of anilines is 1. The van der Waals surface area contributed by atoms with Crippen LogP contribution in [0.15, 0.2) is 65.7 Å². The van der Waals surface area contributed by atoms with E-state index in [4.69, 9.17) is 16.3 Å². The molecule has 7 heteroatoms. The summed E-state index contributed by atoms with van der Waals surface area (Å²) in [5.41, 5.74) is 1.58. The third kappa shape index (κ3) is 3.93. The van der Waals surface area contributed by atoms with E-state index in [0.717, 1.165) is 55.1 Å². The van der Waals surface area contributed by atoms with Gasteiger partial charge in [0.2, 0.25) is 0 Å². The first-order chi connectivity index (χ1) is 14.7. The fourth-order valence-corrected chi connectivity index (χ4v) is 4.39. The molecule has 2 aliphatic rings. The van der Waals surface area contributed by atoms with Crippen molar-refractivity contribution < 1.29 is 4.74 Å². The zero-order valence-electron chi connectivity index (χ0n) is 16.5. The summed E-state index contributed by atoms with van der Waals surface area (Å²) in [6, 6.07) is 14.7. The molecule has 3 aromatic rings. The summed E-state index contributed by atoms with van der Waals surface area (Å²) in [4.78, 5) is 19.5. The Labute approximate surface area is 180 Å². The number of fused-ring (bicyclic) bond motifs is 1. The number of halogens is 1. The number of nitrogens with one attached hydrogen (secondary N) is 1. The van der Waals surface area contributed by atoms with Crippen LogP contribution in [0.5, 0.6) is 5.75 Å². The van der Waals surface area contributed by atoms with Gasteiger partial charge in [0.25, 0.3) is 5.56 Å². The molecule has 2 saturated heterocycles. The molecular formula is C23H23ClN4O2. The van der Waals surface area contributed by atoms with Gasteiger partial charge in [0.1, 0.15) is 18.2 Å². The summed E-state index contributed by atoms with van der Waals surface area (Å²) in [6.45, 7) is 4.67. The minimum atomic E-state index is -0.153. The number of nitrogens with zero attached hydrogens (tertiary/aromatic N) is 3. The lowest BCUT2D eigenvalue weighted by Crippen LogP contribution is -2.26. The van der Waals surface area contributed by atoms with Crippen molar-refractivity contribution in [3.8, 4) is 11.4 Å². The Morgan fingerprint density at radius 1 is 1.07 bits per heavy atom. The second-order valence-electron chi connectivity index (χ2n) is 7.94. The normalized spacial score (nSPS) is 20.4. The quantitative estimate of drug-likeness (QED) is 0.684. The van der Waals surface area contributed by atoms with E-state index in [1.54, 1.807) is 23.0 Å². The van der Waals surface area contributed by atoms with E-state index in [2.05, 4.69) is 15.2 Å². The Morgan fingerprint density at radius 3 is 2.50 bits per heavy atom. The van der Waals surface area contributed by atoms with Crippen molar-refractivity contribution in [2.75, 3.05) is 31.1 Å². The molecule has 154 valence electrons. The van der Waals surface area contributed by atoms with Crippen LogP contribution in [0.3, 0.4) is 0 Å². The van der Waals surface area contributed by atoms with Gasteiger partial charge in [-0.2, -0.15) is 0 Å². The number of benzene rings is 1. The molecule has 1 N–H and O–H groups in total. The van der Waals surface area contributed by atoms with Gasteiger partial charge in [-0.3, -0.25) is 9.36 Å². The third-order valence-electron chi connectivity index (χ3n) is 5.93. The molecule has 5 rings (SSSR count). The first-order valence-corrected chi connectivity index (χ1v) is 10.6. The summed E-state index contributed by atoms with van der Waals surface area (Å²) in [5.74, 6) is 2.95. The molecule has 2 atom stereocenters. The molecule has 6 nitrogen and oxygen atoms in total. The van der Waals surface area contributed by atoms with Crippen LogP contribution in [0.4, 0.5) is 5.82 Å². The highest BCUT2D eigenvalue weighted by molar-refractivity contribution is 6.30. The molecule has 0 aliphatic carbocycles. The fraction of sp³-hybridized carbons (Fsp3) is 0.304. The summed E-state index contributed by atoms with van der Waals surface area (Å²) in [7, 11) is 0. The van der Waals surface area contributed by atoms with Gasteiger partial charge in [-0.05, 0) is 47.7 Å². The Morgan fingerprint density at radius 2 is 1.83 bits per heavy atom. The van der Waals surface area contributed by atoms with Crippen LogP contribution in [-0.2, 0) is 6.61 Å². The summed E-state index contributed by atoms with van der Waals surface area (Å²) >= 11 is 5.90. The van der Waals surface area contributed by atoms with Crippen molar-refractivity contribution in [1.82, 2.24) is 14.9 Å². The van der Waals surface area contributed by atoms with E-state index in [1.807, 2.05) is 36.4 Å². The number of aromatic nitrogens is 2. The van der Waals surface area contributed by atoms with Gasteiger partial charge < -0.3 is 15.0 Å². The smallest absolute Gasteiger partial charge is 0.258 e. The van der Waals surface area contributed by atoms with E-state index < -0.39 is 0 Å². The van der Waals surface area contributed by atoms with E-state index in [1.165, 1.54) is 6.07 Å². The van der Waals surface area contributed by atoms with Crippen LogP contribution >= 0.6 is 11.6 Å². The van der Waals surface area contributed by atoms with E-state index in [-0.39, 0.29) is 5.56 Å². The van der Waals surface area contributed by atoms with Crippen LogP contribution in [0.1, 0.15) is 5.56 Å². The molecule has 1 aromatic carbocycles. The Hall–Kier alpha value is -2.83. The molecule has 2 fully saturated rings. The second kappa shape index (κ2) is 8.13. The van der Waals surface area contributed by atoms with Gasteiger partial charge in [-0.1, -0.05) is 23.7 Å².